The van der Waals surface area contributed by atoms with E-state index in [4.69, 9.17) is 20.1 Å². The lowest BCUT2D eigenvalue weighted by Gasteiger charge is -2.06. The minimum absolute atomic E-state index is 0.0942. The van der Waals surface area contributed by atoms with Crippen LogP contribution in [0.1, 0.15) is 28.8 Å². The third-order valence-electron chi connectivity index (χ3n) is 3.87. The molecule has 3 aromatic heterocycles. The molecule has 0 radical (unpaired) electrons. The highest BCUT2D eigenvalue weighted by Crippen LogP contribution is 2.36. The molecule has 11 heteroatoms. The van der Waals surface area contributed by atoms with Gasteiger partial charge in [0.2, 0.25) is 0 Å². The number of thiophene rings is 1. The number of nitrogens with one attached hydrogen (secondary N) is 1. The smallest absolute Gasteiger partial charge is 0.475 e. The van der Waals surface area contributed by atoms with E-state index in [1.165, 1.54) is 4.88 Å². The summed E-state index contributed by atoms with van der Waals surface area (Å²) in [4.78, 5) is 14.6. The van der Waals surface area contributed by atoms with E-state index in [1.807, 2.05) is 26.0 Å². The summed E-state index contributed by atoms with van der Waals surface area (Å²) >= 11 is 1.69. The van der Waals surface area contributed by atoms with E-state index in [0.29, 0.717) is 12.2 Å². The number of pyridine rings is 1. The van der Waals surface area contributed by atoms with E-state index in [0.717, 1.165) is 33.6 Å². The van der Waals surface area contributed by atoms with Crippen LogP contribution < -0.4 is 11.1 Å². The summed E-state index contributed by atoms with van der Waals surface area (Å²) in [6.45, 7) is 4.60. The number of aryl methyl sites for hydroxylation is 1. The van der Waals surface area contributed by atoms with Gasteiger partial charge < -0.3 is 20.6 Å². The van der Waals surface area contributed by atoms with Gasteiger partial charge in [0.05, 0.1) is 28.7 Å². The second kappa shape index (κ2) is 9.60. The molecule has 0 saturated heterocycles. The quantitative estimate of drug-likeness (QED) is 0.543. The van der Waals surface area contributed by atoms with Crippen LogP contribution in [0.3, 0.4) is 0 Å². The van der Waals surface area contributed by atoms with Crippen molar-refractivity contribution in [3.63, 3.8) is 0 Å². The van der Waals surface area contributed by atoms with Crippen LogP contribution in [0.25, 0.3) is 10.2 Å². The Morgan fingerprint density at radius 1 is 1.50 bits per heavy atom. The number of rotatable bonds is 5. The van der Waals surface area contributed by atoms with Crippen LogP contribution in [0.2, 0.25) is 0 Å². The number of hydrogen-bond donors (Lipinski definition) is 3. The standard InChI is InChI=1S/C17H18N4OS.C2HF3O2/c1-10(19)6-15-11(2)16-17(23-15)14(7-12(8-18)21-16)20-9-13-4-3-5-22-13;3-2(4,5)1(6)7/h3-5,7,10H,6,9,19H2,1-2H3,(H,20,21);(H,6,7)/t10-;/m0./s1. The summed E-state index contributed by atoms with van der Waals surface area (Å²) in [6.07, 6.45) is -2.62. The van der Waals surface area contributed by atoms with Gasteiger partial charge in [0, 0.05) is 10.9 Å². The molecule has 1 atom stereocenters. The third kappa shape index (κ3) is 5.95. The number of anilines is 1. The fourth-order valence-electron chi connectivity index (χ4n) is 2.49. The summed E-state index contributed by atoms with van der Waals surface area (Å²) in [5.74, 6) is -1.91. The van der Waals surface area contributed by atoms with Crippen molar-refractivity contribution >= 4 is 33.2 Å². The van der Waals surface area contributed by atoms with Crippen LogP contribution >= 0.6 is 11.3 Å². The number of nitriles is 1. The van der Waals surface area contributed by atoms with Crippen molar-refractivity contribution in [2.24, 2.45) is 5.73 Å². The fourth-order valence-corrected chi connectivity index (χ4v) is 3.87. The van der Waals surface area contributed by atoms with E-state index in [2.05, 4.69) is 16.4 Å². The average molecular weight is 440 g/mol. The van der Waals surface area contributed by atoms with Crippen LogP contribution in [0.15, 0.2) is 28.9 Å². The van der Waals surface area contributed by atoms with Gasteiger partial charge in [-0.2, -0.15) is 18.4 Å². The molecule has 0 aromatic carbocycles. The van der Waals surface area contributed by atoms with Gasteiger partial charge in [0.15, 0.2) is 0 Å². The lowest BCUT2D eigenvalue weighted by molar-refractivity contribution is -0.192. The van der Waals surface area contributed by atoms with Crippen LogP contribution in [0, 0.1) is 18.3 Å². The second-order valence-electron chi connectivity index (χ2n) is 6.41. The predicted octanol–water partition coefficient (Wildman–Crippen LogP) is 4.20. The van der Waals surface area contributed by atoms with Gasteiger partial charge in [-0.3, -0.25) is 0 Å². The van der Waals surface area contributed by atoms with E-state index < -0.39 is 12.1 Å². The van der Waals surface area contributed by atoms with Crippen molar-refractivity contribution < 1.29 is 27.5 Å². The molecule has 0 aliphatic rings. The molecule has 0 saturated carbocycles. The Labute approximate surface area is 173 Å². The number of carboxylic acids is 1. The zero-order valence-corrected chi connectivity index (χ0v) is 16.9. The minimum atomic E-state index is -5.08. The number of aromatic nitrogens is 1. The van der Waals surface area contributed by atoms with Crippen molar-refractivity contribution in [3.8, 4) is 6.07 Å². The Morgan fingerprint density at radius 2 is 2.17 bits per heavy atom. The number of aliphatic carboxylic acids is 1. The molecule has 0 bridgehead atoms. The maximum atomic E-state index is 10.6. The molecule has 3 heterocycles. The van der Waals surface area contributed by atoms with Crippen molar-refractivity contribution in [3.05, 3.63) is 46.4 Å². The Hall–Kier alpha value is -3.10. The molecule has 0 unspecified atom stereocenters. The van der Waals surface area contributed by atoms with Gasteiger partial charge in [-0.25, -0.2) is 9.78 Å². The average Bonchev–Trinajstić information content (AvgIpc) is 3.28. The number of hydrogen-bond acceptors (Lipinski definition) is 7. The van der Waals surface area contributed by atoms with Gasteiger partial charge in [-0.15, -0.1) is 11.3 Å². The number of nitrogens with zero attached hydrogens (tertiary/aromatic N) is 2. The number of halogens is 3. The van der Waals surface area contributed by atoms with Crippen molar-refractivity contribution in [2.75, 3.05) is 5.32 Å². The lowest BCUT2D eigenvalue weighted by Crippen LogP contribution is -2.21. The number of carbonyl (C=O) groups is 1. The Balaban J connectivity index is 0.000000396. The molecule has 30 heavy (non-hydrogen) atoms. The predicted molar refractivity (Wildman–Crippen MR) is 106 cm³/mol. The second-order valence-corrected chi connectivity index (χ2v) is 7.52. The van der Waals surface area contributed by atoms with Crippen molar-refractivity contribution in [2.45, 2.75) is 39.0 Å². The third-order valence-corrected chi connectivity index (χ3v) is 5.21. The first kappa shape index (κ1) is 23.2. The molecular formula is C19H19F3N4O3S. The lowest BCUT2D eigenvalue weighted by atomic mass is 10.1. The van der Waals surface area contributed by atoms with Gasteiger partial charge in [0.25, 0.3) is 0 Å². The van der Waals surface area contributed by atoms with Crippen LogP contribution in [-0.4, -0.2) is 28.3 Å². The van der Waals surface area contributed by atoms with Crippen molar-refractivity contribution in [1.82, 2.24) is 4.98 Å². The zero-order chi connectivity index (χ0) is 22.5. The summed E-state index contributed by atoms with van der Waals surface area (Å²) in [5.41, 5.74) is 9.25. The normalized spacial score (nSPS) is 12.0. The number of carboxylic acid groups (broad SMARTS) is 1. The number of nitrogens with two attached hydrogens (primary N) is 1. The van der Waals surface area contributed by atoms with E-state index in [1.54, 1.807) is 23.7 Å². The highest BCUT2D eigenvalue weighted by molar-refractivity contribution is 7.19. The van der Waals surface area contributed by atoms with E-state index in [-0.39, 0.29) is 6.04 Å². The minimum Gasteiger partial charge on any atom is -0.475 e. The maximum Gasteiger partial charge on any atom is 0.490 e. The molecular weight excluding hydrogens is 421 g/mol. The fraction of sp³-hybridized carbons (Fsp3) is 0.316. The maximum absolute atomic E-state index is 10.6. The molecule has 160 valence electrons. The molecule has 0 aliphatic heterocycles. The first-order valence-corrected chi connectivity index (χ1v) is 9.49. The van der Waals surface area contributed by atoms with Gasteiger partial charge in [-0.05, 0) is 44.0 Å². The number of fused-ring (bicyclic) bond motifs is 1. The largest absolute Gasteiger partial charge is 0.490 e. The summed E-state index contributed by atoms with van der Waals surface area (Å²) in [7, 11) is 0. The molecule has 0 spiro atoms. The highest BCUT2D eigenvalue weighted by atomic mass is 32.1. The SMILES string of the molecule is Cc1c(C[C@H](C)N)sc2c(NCc3ccco3)cc(C#N)nc12.O=C(O)C(F)(F)F. The summed E-state index contributed by atoms with van der Waals surface area (Å²) in [6, 6.07) is 7.79. The first-order valence-electron chi connectivity index (χ1n) is 8.68. The molecule has 0 fully saturated rings. The first-order chi connectivity index (χ1) is 14.0. The van der Waals surface area contributed by atoms with E-state index >= 15 is 0 Å². The molecule has 3 rings (SSSR count). The highest BCUT2D eigenvalue weighted by Gasteiger charge is 2.38. The number of alkyl halides is 3. The molecule has 0 amide bonds. The monoisotopic (exact) mass is 440 g/mol. The molecule has 7 nitrogen and oxygen atoms in total. The van der Waals surface area contributed by atoms with Crippen LogP contribution in [0.5, 0.6) is 0 Å². The topological polar surface area (TPSA) is 125 Å². The van der Waals surface area contributed by atoms with Gasteiger partial charge in [-0.1, -0.05) is 0 Å². The van der Waals surface area contributed by atoms with Crippen LogP contribution in [0.4, 0.5) is 18.9 Å². The van der Waals surface area contributed by atoms with Gasteiger partial charge in [0.1, 0.15) is 17.5 Å². The molecule has 4 N–H and O–H groups in total. The van der Waals surface area contributed by atoms with Crippen LogP contribution in [-0.2, 0) is 17.8 Å². The summed E-state index contributed by atoms with van der Waals surface area (Å²) in [5, 5.41) is 19.7. The van der Waals surface area contributed by atoms with Gasteiger partial charge >= 0.3 is 12.1 Å². The summed E-state index contributed by atoms with van der Waals surface area (Å²) < 4.78 is 38.1. The number of furan rings is 1. The molecule has 0 aliphatic carbocycles. The van der Waals surface area contributed by atoms with Crippen molar-refractivity contribution in [1.29, 1.82) is 5.26 Å². The van der Waals surface area contributed by atoms with E-state index in [9.17, 15) is 18.4 Å². The Morgan fingerprint density at radius 3 is 2.67 bits per heavy atom. The Kier molecular flexibility index (Phi) is 7.42. The zero-order valence-electron chi connectivity index (χ0n) is 16.1. The molecule has 3 aromatic rings. The Bertz CT molecular complexity index is 1050.